The fourth-order valence-electron chi connectivity index (χ4n) is 1.82. The summed E-state index contributed by atoms with van der Waals surface area (Å²) in [7, 11) is 1.63. The molecule has 4 nitrogen and oxygen atoms in total. The number of hydrogen-bond acceptors (Lipinski definition) is 3. The van der Waals surface area contributed by atoms with E-state index < -0.39 is 0 Å². The number of amides is 1. The van der Waals surface area contributed by atoms with E-state index in [9.17, 15) is 4.79 Å². The first-order valence-corrected chi connectivity index (χ1v) is 7.40. The molecule has 2 aromatic carbocycles. The molecule has 110 valence electrons. The maximum Gasteiger partial charge on any atom is 0.226 e. The van der Waals surface area contributed by atoms with Gasteiger partial charge in [-0.05, 0) is 42.5 Å². The number of hydrogen-bond donors (Lipinski definition) is 2. The summed E-state index contributed by atoms with van der Waals surface area (Å²) in [5.74, 6) is 0.794. The Morgan fingerprint density at radius 3 is 2.57 bits per heavy atom. The van der Waals surface area contributed by atoms with Gasteiger partial charge in [0.1, 0.15) is 5.75 Å². The number of ether oxygens (including phenoxy) is 1. The SMILES string of the molecule is COc1ccc(NCCC(=O)Nc2cccc(Br)c2)cc1. The van der Waals surface area contributed by atoms with Crippen molar-refractivity contribution >= 4 is 33.2 Å². The van der Waals surface area contributed by atoms with E-state index in [1.165, 1.54) is 0 Å². The predicted octanol–water partition coefficient (Wildman–Crippen LogP) is 3.90. The minimum Gasteiger partial charge on any atom is -0.497 e. The van der Waals surface area contributed by atoms with Gasteiger partial charge in [-0.3, -0.25) is 4.79 Å². The molecule has 0 bridgehead atoms. The number of carbonyl (C=O) groups excluding carboxylic acids is 1. The summed E-state index contributed by atoms with van der Waals surface area (Å²) in [6, 6.07) is 15.1. The Bertz CT molecular complexity index is 599. The van der Waals surface area contributed by atoms with Crippen LogP contribution in [0.1, 0.15) is 6.42 Å². The molecule has 0 saturated carbocycles. The second-order valence-corrected chi connectivity index (χ2v) is 5.38. The highest BCUT2D eigenvalue weighted by Crippen LogP contribution is 2.16. The summed E-state index contributed by atoms with van der Waals surface area (Å²) in [6.07, 6.45) is 0.401. The van der Waals surface area contributed by atoms with Crippen molar-refractivity contribution in [2.45, 2.75) is 6.42 Å². The minimum absolute atomic E-state index is 0.0193. The normalized spacial score (nSPS) is 10.0. The lowest BCUT2D eigenvalue weighted by atomic mass is 10.3. The van der Waals surface area contributed by atoms with Crippen LogP contribution >= 0.6 is 15.9 Å². The molecule has 0 atom stereocenters. The van der Waals surface area contributed by atoms with Crippen LogP contribution in [0.2, 0.25) is 0 Å². The zero-order valence-corrected chi connectivity index (χ0v) is 13.3. The Labute approximate surface area is 132 Å². The van der Waals surface area contributed by atoms with Crippen molar-refractivity contribution in [3.8, 4) is 5.75 Å². The number of anilines is 2. The number of carbonyl (C=O) groups is 1. The van der Waals surface area contributed by atoms with E-state index in [4.69, 9.17) is 4.74 Å². The van der Waals surface area contributed by atoms with Crippen molar-refractivity contribution < 1.29 is 9.53 Å². The number of halogens is 1. The van der Waals surface area contributed by atoms with Crippen LogP contribution in [-0.2, 0) is 4.79 Å². The van der Waals surface area contributed by atoms with Gasteiger partial charge in [-0.1, -0.05) is 22.0 Å². The molecule has 0 radical (unpaired) electrons. The van der Waals surface area contributed by atoms with E-state index >= 15 is 0 Å². The molecule has 5 heteroatoms. The molecule has 2 aromatic rings. The minimum atomic E-state index is -0.0193. The van der Waals surface area contributed by atoms with Crippen molar-refractivity contribution in [2.24, 2.45) is 0 Å². The van der Waals surface area contributed by atoms with Gasteiger partial charge in [0.25, 0.3) is 0 Å². The van der Waals surface area contributed by atoms with E-state index in [0.29, 0.717) is 13.0 Å². The van der Waals surface area contributed by atoms with Crippen LogP contribution in [0.4, 0.5) is 11.4 Å². The molecule has 0 saturated heterocycles. The standard InChI is InChI=1S/C16H17BrN2O2/c1-21-15-7-5-13(6-8-15)18-10-9-16(20)19-14-4-2-3-12(17)11-14/h2-8,11,18H,9-10H2,1H3,(H,19,20). The van der Waals surface area contributed by atoms with Gasteiger partial charge < -0.3 is 15.4 Å². The van der Waals surface area contributed by atoms with Crippen molar-refractivity contribution in [2.75, 3.05) is 24.3 Å². The topological polar surface area (TPSA) is 50.4 Å². The van der Waals surface area contributed by atoms with E-state index in [0.717, 1.165) is 21.6 Å². The average Bonchev–Trinajstić information content (AvgIpc) is 2.48. The fraction of sp³-hybridized carbons (Fsp3) is 0.188. The quantitative estimate of drug-likeness (QED) is 0.832. The third kappa shape index (κ3) is 5.11. The maximum atomic E-state index is 11.8. The summed E-state index contributed by atoms with van der Waals surface area (Å²) >= 11 is 3.37. The summed E-state index contributed by atoms with van der Waals surface area (Å²) in [5, 5.41) is 6.06. The molecule has 0 aliphatic heterocycles. The second kappa shape index (κ2) is 7.69. The van der Waals surface area contributed by atoms with E-state index in [1.807, 2.05) is 48.5 Å². The average molecular weight is 349 g/mol. The zero-order valence-electron chi connectivity index (χ0n) is 11.7. The van der Waals surface area contributed by atoms with Crippen molar-refractivity contribution in [3.05, 3.63) is 53.0 Å². The Morgan fingerprint density at radius 2 is 1.90 bits per heavy atom. The Balaban J connectivity index is 1.76. The maximum absolute atomic E-state index is 11.8. The molecule has 0 aromatic heterocycles. The van der Waals surface area contributed by atoms with Gasteiger partial charge >= 0.3 is 0 Å². The highest BCUT2D eigenvalue weighted by atomic mass is 79.9. The lowest BCUT2D eigenvalue weighted by Gasteiger charge is -2.08. The Hall–Kier alpha value is -2.01. The van der Waals surface area contributed by atoms with Crippen LogP contribution in [0, 0.1) is 0 Å². The molecule has 0 heterocycles. The summed E-state index contributed by atoms with van der Waals surface area (Å²) in [6.45, 7) is 0.576. The second-order valence-electron chi connectivity index (χ2n) is 4.46. The van der Waals surface area contributed by atoms with Crippen LogP contribution < -0.4 is 15.4 Å². The number of nitrogens with one attached hydrogen (secondary N) is 2. The monoisotopic (exact) mass is 348 g/mol. The van der Waals surface area contributed by atoms with Crippen molar-refractivity contribution in [1.82, 2.24) is 0 Å². The fourth-order valence-corrected chi connectivity index (χ4v) is 2.22. The molecule has 0 aliphatic carbocycles. The highest BCUT2D eigenvalue weighted by Gasteiger charge is 2.02. The lowest BCUT2D eigenvalue weighted by molar-refractivity contribution is -0.115. The summed E-state index contributed by atoms with van der Waals surface area (Å²) in [5.41, 5.74) is 1.75. The van der Waals surface area contributed by atoms with Gasteiger partial charge in [0.2, 0.25) is 5.91 Å². The molecule has 1 amide bonds. The Kier molecular flexibility index (Phi) is 5.63. The van der Waals surface area contributed by atoms with Gasteiger partial charge in [0.15, 0.2) is 0 Å². The first-order valence-electron chi connectivity index (χ1n) is 6.61. The van der Waals surface area contributed by atoms with Crippen LogP contribution in [0.3, 0.4) is 0 Å². The van der Waals surface area contributed by atoms with Gasteiger partial charge in [-0.2, -0.15) is 0 Å². The molecule has 0 aliphatic rings. The van der Waals surface area contributed by atoms with Gasteiger partial charge in [-0.15, -0.1) is 0 Å². The van der Waals surface area contributed by atoms with Crippen LogP contribution in [0.15, 0.2) is 53.0 Å². The van der Waals surface area contributed by atoms with Crippen LogP contribution in [0.5, 0.6) is 5.75 Å². The third-order valence-electron chi connectivity index (χ3n) is 2.88. The molecule has 2 N–H and O–H groups in total. The van der Waals surface area contributed by atoms with E-state index in [1.54, 1.807) is 7.11 Å². The molecular formula is C16H17BrN2O2. The van der Waals surface area contributed by atoms with Gasteiger partial charge in [-0.25, -0.2) is 0 Å². The molecule has 0 spiro atoms. The van der Waals surface area contributed by atoms with Gasteiger partial charge in [0, 0.05) is 28.8 Å². The van der Waals surface area contributed by atoms with Crippen LogP contribution in [-0.4, -0.2) is 19.6 Å². The van der Waals surface area contributed by atoms with E-state index in [2.05, 4.69) is 26.6 Å². The molecule has 0 unspecified atom stereocenters. The predicted molar refractivity (Wildman–Crippen MR) is 88.9 cm³/mol. The van der Waals surface area contributed by atoms with E-state index in [-0.39, 0.29) is 5.91 Å². The van der Waals surface area contributed by atoms with Crippen LogP contribution in [0.25, 0.3) is 0 Å². The third-order valence-corrected chi connectivity index (χ3v) is 3.37. The molecular weight excluding hydrogens is 332 g/mol. The molecule has 2 rings (SSSR count). The van der Waals surface area contributed by atoms with Crippen molar-refractivity contribution in [1.29, 1.82) is 0 Å². The van der Waals surface area contributed by atoms with Crippen molar-refractivity contribution in [3.63, 3.8) is 0 Å². The Morgan fingerprint density at radius 1 is 1.14 bits per heavy atom. The van der Waals surface area contributed by atoms with Gasteiger partial charge in [0.05, 0.1) is 7.11 Å². The number of methoxy groups -OCH3 is 1. The summed E-state index contributed by atoms with van der Waals surface area (Å²) in [4.78, 5) is 11.8. The number of benzene rings is 2. The zero-order chi connectivity index (χ0) is 15.1. The molecule has 21 heavy (non-hydrogen) atoms. The first-order chi connectivity index (χ1) is 10.2. The lowest BCUT2D eigenvalue weighted by Crippen LogP contribution is -2.16. The molecule has 0 fully saturated rings. The number of rotatable bonds is 6. The summed E-state index contributed by atoms with van der Waals surface area (Å²) < 4.78 is 6.03. The largest absolute Gasteiger partial charge is 0.497 e. The highest BCUT2D eigenvalue weighted by molar-refractivity contribution is 9.10. The smallest absolute Gasteiger partial charge is 0.226 e. The first kappa shape index (κ1) is 15.4.